The molecule has 0 aliphatic rings. The van der Waals surface area contributed by atoms with Gasteiger partial charge in [-0.2, -0.15) is 5.21 Å². The minimum atomic E-state index is -3.15. The van der Waals surface area contributed by atoms with Crippen molar-refractivity contribution in [1.82, 2.24) is 24.9 Å². The van der Waals surface area contributed by atoms with Crippen molar-refractivity contribution in [3.63, 3.8) is 0 Å². The third-order valence-corrected chi connectivity index (χ3v) is 3.55. The monoisotopic (exact) mass is 251 g/mol. The molecule has 0 radical (unpaired) electrons. The number of rotatable bonds is 6. The third-order valence-electron chi connectivity index (χ3n) is 1.66. The molecule has 7 nitrogen and oxygen atoms in total. The van der Waals surface area contributed by atoms with Gasteiger partial charge in [-0.05, 0) is 18.6 Å². The van der Waals surface area contributed by atoms with Crippen LogP contribution in [0.2, 0.25) is 0 Å². The van der Waals surface area contributed by atoms with Crippen LogP contribution in [-0.2, 0) is 16.6 Å². The Hall–Kier alpha value is -0.800. The van der Waals surface area contributed by atoms with Gasteiger partial charge in [0.2, 0.25) is 14.8 Å². The molecule has 0 aliphatic heterocycles. The molecule has 0 spiro atoms. The zero-order valence-corrected chi connectivity index (χ0v) is 9.94. The molecule has 1 rings (SSSR count). The van der Waals surface area contributed by atoms with Crippen molar-refractivity contribution < 1.29 is 8.42 Å². The van der Waals surface area contributed by atoms with E-state index in [4.69, 9.17) is 12.2 Å². The van der Waals surface area contributed by atoms with Gasteiger partial charge < -0.3 is 0 Å². The van der Waals surface area contributed by atoms with Crippen LogP contribution in [0.4, 0.5) is 0 Å². The Labute approximate surface area is 92.9 Å². The van der Waals surface area contributed by atoms with E-state index in [1.165, 1.54) is 4.68 Å². The van der Waals surface area contributed by atoms with Crippen molar-refractivity contribution in [2.75, 3.05) is 12.3 Å². The van der Waals surface area contributed by atoms with Gasteiger partial charge in [-0.3, -0.25) is 0 Å². The third kappa shape index (κ3) is 4.06. The summed E-state index contributed by atoms with van der Waals surface area (Å²) in [6.07, 6.45) is 0.598. The van der Waals surface area contributed by atoms with E-state index in [9.17, 15) is 8.42 Å². The van der Waals surface area contributed by atoms with E-state index in [2.05, 4.69) is 20.2 Å². The lowest BCUT2D eigenvalue weighted by Gasteiger charge is -2.04. The van der Waals surface area contributed by atoms with Gasteiger partial charge in [0, 0.05) is 6.54 Å². The number of tetrazole rings is 1. The van der Waals surface area contributed by atoms with E-state index in [1.807, 2.05) is 6.92 Å². The summed E-state index contributed by atoms with van der Waals surface area (Å²) in [6, 6.07) is 0. The van der Waals surface area contributed by atoms with Gasteiger partial charge in [-0.1, -0.05) is 17.2 Å². The molecule has 0 bridgehead atoms. The second-order valence-corrected chi connectivity index (χ2v) is 5.24. The molecule has 1 aromatic heterocycles. The molecular weight excluding hydrogens is 238 g/mol. The molecule has 0 aromatic carbocycles. The van der Waals surface area contributed by atoms with Crippen LogP contribution in [0.3, 0.4) is 0 Å². The lowest BCUT2D eigenvalue weighted by molar-refractivity contribution is 0.549. The minimum Gasteiger partial charge on any atom is -0.241 e. The fourth-order valence-corrected chi connectivity index (χ4v) is 2.27. The van der Waals surface area contributed by atoms with Gasteiger partial charge in [-0.25, -0.2) is 17.8 Å². The van der Waals surface area contributed by atoms with Crippen LogP contribution in [0, 0.1) is 4.77 Å². The van der Waals surface area contributed by atoms with Gasteiger partial charge >= 0.3 is 0 Å². The first kappa shape index (κ1) is 12.3. The Balaban J connectivity index is 2.40. The van der Waals surface area contributed by atoms with Crippen molar-refractivity contribution in [2.45, 2.75) is 19.9 Å². The molecule has 2 N–H and O–H groups in total. The molecule has 0 unspecified atom stereocenters. The predicted molar refractivity (Wildman–Crippen MR) is 57.3 cm³/mol. The molecule has 0 aliphatic carbocycles. The second kappa shape index (κ2) is 5.33. The zero-order valence-electron chi connectivity index (χ0n) is 8.30. The van der Waals surface area contributed by atoms with Gasteiger partial charge in [0.1, 0.15) is 0 Å². The van der Waals surface area contributed by atoms with E-state index in [1.54, 1.807) is 0 Å². The van der Waals surface area contributed by atoms with Crippen LogP contribution in [0.1, 0.15) is 13.3 Å². The van der Waals surface area contributed by atoms with Crippen molar-refractivity contribution in [1.29, 1.82) is 0 Å². The Morgan fingerprint density at radius 3 is 2.87 bits per heavy atom. The number of nitrogens with zero attached hydrogens (tertiary/aromatic N) is 3. The first-order valence-corrected chi connectivity index (χ1v) is 6.56. The van der Waals surface area contributed by atoms with E-state index in [0.29, 0.717) is 17.7 Å². The molecule has 0 saturated carbocycles. The molecule has 0 atom stereocenters. The van der Waals surface area contributed by atoms with Crippen LogP contribution in [-0.4, -0.2) is 40.9 Å². The molecule has 1 heterocycles. The summed E-state index contributed by atoms with van der Waals surface area (Å²) in [6.45, 7) is 2.49. The smallest absolute Gasteiger partial charge is 0.238 e. The number of aromatic nitrogens is 4. The summed E-state index contributed by atoms with van der Waals surface area (Å²) in [5.41, 5.74) is 0. The maximum Gasteiger partial charge on any atom is 0.238 e. The molecule has 0 saturated heterocycles. The van der Waals surface area contributed by atoms with E-state index >= 15 is 0 Å². The Kier molecular flexibility index (Phi) is 4.36. The number of nitrogens with one attached hydrogen (secondary N) is 2. The molecular formula is C6H13N5O2S2. The maximum absolute atomic E-state index is 11.3. The fourth-order valence-electron chi connectivity index (χ4n) is 1.02. The highest BCUT2D eigenvalue weighted by atomic mass is 32.2. The topological polar surface area (TPSA) is 92.7 Å². The fraction of sp³-hybridized carbons (Fsp3) is 0.833. The van der Waals surface area contributed by atoms with Crippen LogP contribution < -0.4 is 4.72 Å². The molecule has 86 valence electrons. The van der Waals surface area contributed by atoms with Crippen LogP contribution in [0.25, 0.3) is 0 Å². The largest absolute Gasteiger partial charge is 0.241 e. The number of hydrogen-bond donors (Lipinski definition) is 2. The lowest BCUT2D eigenvalue weighted by Crippen LogP contribution is -2.29. The number of H-pyrrole nitrogens is 1. The van der Waals surface area contributed by atoms with E-state index in [0.717, 1.165) is 0 Å². The summed E-state index contributed by atoms with van der Waals surface area (Å²) in [7, 11) is -3.15. The van der Waals surface area contributed by atoms with E-state index in [-0.39, 0.29) is 12.3 Å². The predicted octanol–water partition coefficient (Wildman–Crippen LogP) is -0.335. The second-order valence-electron chi connectivity index (χ2n) is 2.95. The Morgan fingerprint density at radius 1 is 1.60 bits per heavy atom. The lowest BCUT2D eigenvalue weighted by atomic mass is 10.6. The number of hydrogen-bond acceptors (Lipinski definition) is 5. The minimum absolute atomic E-state index is 0.139. The highest BCUT2D eigenvalue weighted by molar-refractivity contribution is 7.89. The zero-order chi connectivity index (χ0) is 11.3. The first-order valence-electron chi connectivity index (χ1n) is 4.50. The standard InChI is InChI=1S/C6H13N5O2S2/c1-2-5-15(12,13)7-3-4-11-6(14)8-9-10-11/h7H,2-5H2,1H3,(H,8,10,14). The summed E-state index contributed by atoms with van der Waals surface area (Å²) >= 11 is 4.82. The maximum atomic E-state index is 11.3. The molecule has 15 heavy (non-hydrogen) atoms. The normalized spacial score (nSPS) is 11.8. The average Bonchev–Trinajstić information content (AvgIpc) is 2.51. The van der Waals surface area contributed by atoms with Crippen LogP contribution in [0.5, 0.6) is 0 Å². The summed E-state index contributed by atoms with van der Waals surface area (Å²) in [5, 5.41) is 9.58. The SMILES string of the molecule is CCCS(=O)(=O)NCCn1[nH]nnc1=S. The summed E-state index contributed by atoms with van der Waals surface area (Å²) in [4.78, 5) is 0. The van der Waals surface area contributed by atoms with Gasteiger partial charge in [0.15, 0.2) is 0 Å². The number of sulfonamides is 1. The summed E-state index contributed by atoms with van der Waals surface area (Å²) in [5.74, 6) is 0.139. The van der Waals surface area contributed by atoms with Gasteiger partial charge in [0.25, 0.3) is 0 Å². The van der Waals surface area contributed by atoms with Gasteiger partial charge in [-0.15, -0.1) is 0 Å². The average molecular weight is 251 g/mol. The molecule has 0 fully saturated rings. The molecule has 9 heteroatoms. The van der Waals surface area contributed by atoms with Crippen LogP contribution in [0.15, 0.2) is 0 Å². The Bertz CT molecular complexity index is 448. The molecule has 1 aromatic rings. The Morgan fingerprint density at radius 2 is 2.33 bits per heavy atom. The highest BCUT2D eigenvalue weighted by Crippen LogP contribution is 1.88. The van der Waals surface area contributed by atoms with E-state index < -0.39 is 10.0 Å². The first-order chi connectivity index (χ1) is 7.05. The number of aromatic amines is 1. The quantitative estimate of drug-likeness (QED) is 0.675. The highest BCUT2D eigenvalue weighted by Gasteiger charge is 2.07. The van der Waals surface area contributed by atoms with Crippen molar-refractivity contribution in [3.8, 4) is 0 Å². The van der Waals surface area contributed by atoms with Crippen molar-refractivity contribution >= 4 is 22.2 Å². The molecule has 0 amide bonds. The van der Waals surface area contributed by atoms with Crippen molar-refractivity contribution in [2.24, 2.45) is 0 Å². The van der Waals surface area contributed by atoms with Crippen molar-refractivity contribution in [3.05, 3.63) is 4.77 Å². The van der Waals surface area contributed by atoms with Gasteiger partial charge in [0.05, 0.1) is 12.3 Å². The van der Waals surface area contributed by atoms with Crippen LogP contribution >= 0.6 is 12.2 Å². The summed E-state index contributed by atoms with van der Waals surface area (Å²) < 4.78 is 26.8.